The van der Waals surface area contributed by atoms with E-state index in [-0.39, 0.29) is 0 Å². The summed E-state index contributed by atoms with van der Waals surface area (Å²) in [6.07, 6.45) is 4.77. The molecule has 1 unspecified atom stereocenters. The maximum absolute atomic E-state index is 2.41. The highest BCUT2D eigenvalue weighted by molar-refractivity contribution is 6.33. The van der Waals surface area contributed by atoms with Gasteiger partial charge in [0, 0.05) is 5.92 Å². The fourth-order valence-corrected chi connectivity index (χ4v) is 3.93. The molecule has 0 saturated heterocycles. The highest BCUT2D eigenvalue weighted by Gasteiger charge is 2.24. The predicted octanol–water partition coefficient (Wildman–Crippen LogP) is 5.09. The molecule has 1 aliphatic rings. The van der Waals surface area contributed by atoms with Crippen molar-refractivity contribution in [2.75, 3.05) is 0 Å². The number of aryl methyl sites for hydroxylation is 4. The zero-order valence-corrected chi connectivity index (χ0v) is 13.4. The van der Waals surface area contributed by atoms with Crippen LogP contribution in [0.15, 0.2) is 36.4 Å². The molecule has 1 aliphatic carbocycles. The summed E-state index contributed by atoms with van der Waals surface area (Å²) >= 11 is 0. The average Bonchev–Trinajstić information content (AvgIpc) is 2.62. The van der Waals surface area contributed by atoms with E-state index in [0.29, 0.717) is 5.92 Å². The summed E-state index contributed by atoms with van der Waals surface area (Å²) in [4.78, 5) is 0. The maximum atomic E-state index is 2.41. The van der Waals surface area contributed by atoms with Gasteiger partial charge in [-0.05, 0) is 60.9 Å². The van der Waals surface area contributed by atoms with Crippen LogP contribution >= 0.6 is 0 Å². The monoisotopic (exact) mass is 275 g/mol. The van der Waals surface area contributed by atoms with Gasteiger partial charge in [0.1, 0.15) is 7.28 Å². The van der Waals surface area contributed by atoms with Crippen molar-refractivity contribution < 1.29 is 0 Å². The SMILES string of the molecule is C[B]CCC1c2ccccc2CCc2cc(C)cc(C)c21. The molecule has 1 atom stereocenters. The third-order valence-corrected chi connectivity index (χ3v) is 4.80. The lowest BCUT2D eigenvalue weighted by Crippen LogP contribution is -2.07. The van der Waals surface area contributed by atoms with Crippen molar-refractivity contribution in [2.45, 2.75) is 52.2 Å². The van der Waals surface area contributed by atoms with Crippen LogP contribution in [0.2, 0.25) is 13.1 Å². The number of rotatable bonds is 3. The topological polar surface area (TPSA) is 0 Å². The van der Waals surface area contributed by atoms with Gasteiger partial charge in [0.25, 0.3) is 0 Å². The minimum absolute atomic E-state index is 0.565. The van der Waals surface area contributed by atoms with Crippen molar-refractivity contribution in [3.63, 3.8) is 0 Å². The molecule has 0 spiro atoms. The third kappa shape index (κ3) is 2.79. The van der Waals surface area contributed by atoms with Crippen LogP contribution in [0.5, 0.6) is 0 Å². The standard InChI is InChI=1S/C20H24B/c1-14-12-15(2)20-17(13-14)9-8-16-6-4-5-7-18(16)19(20)10-11-21-3/h4-7,12-13,19H,8-11H2,1-3H3. The van der Waals surface area contributed by atoms with Crippen LogP contribution in [-0.2, 0) is 12.8 Å². The smallest absolute Gasteiger partial charge is 0.0920 e. The van der Waals surface area contributed by atoms with E-state index in [1.165, 1.54) is 36.7 Å². The second-order valence-corrected chi connectivity index (χ2v) is 6.39. The first-order chi connectivity index (χ1) is 10.2. The fourth-order valence-electron chi connectivity index (χ4n) is 3.93. The Morgan fingerprint density at radius 2 is 1.81 bits per heavy atom. The molecule has 0 aliphatic heterocycles. The highest BCUT2D eigenvalue weighted by atomic mass is 14.3. The molecule has 0 aromatic heterocycles. The molecule has 0 heterocycles. The normalized spacial score (nSPS) is 16.8. The molecule has 0 amide bonds. The van der Waals surface area contributed by atoms with Gasteiger partial charge >= 0.3 is 0 Å². The maximum Gasteiger partial charge on any atom is 0.105 e. The molecule has 0 N–H and O–H groups in total. The summed E-state index contributed by atoms with van der Waals surface area (Å²) in [6.45, 7) is 6.69. The van der Waals surface area contributed by atoms with Gasteiger partial charge in [0.2, 0.25) is 0 Å². The quantitative estimate of drug-likeness (QED) is 0.684. The van der Waals surface area contributed by atoms with E-state index in [0.717, 1.165) is 0 Å². The summed E-state index contributed by atoms with van der Waals surface area (Å²) < 4.78 is 0. The molecule has 0 saturated carbocycles. The lowest BCUT2D eigenvalue weighted by molar-refractivity contribution is 0.762. The Hall–Kier alpha value is -1.50. The number of benzene rings is 2. The first-order valence-electron chi connectivity index (χ1n) is 8.16. The zero-order valence-electron chi connectivity index (χ0n) is 13.4. The second-order valence-electron chi connectivity index (χ2n) is 6.39. The Labute approximate surface area is 129 Å². The first-order valence-corrected chi connectivity index (χ1v) is 8.16. The Balaban J connectivity index is 2.15. The van der Waals surface area contributed by atoms with E-state index >= 15 is 0 Å². The van der Waals surface area contributed by atoms with Gasteiger partial charge in [-0.3, -0.25) is 0 Å². The van der Waals surface area contributed by atoms with Gasteiger partial charge in [-0.15, -0.1) is 0 Å². The molecule has 0 fully saturated rings. The Morgan fingerprint density at radius 3 is 2.62 bits per heavy atom. The summed E-state index contributed by atoms with van der Waals surface area (Å²) in [6, 6.07) is 13.8. The van der Waals surface area contributed by atoms with E-state index in [1.807, 2.05) is 0 Å². The van der Waals surface area contributed by atoms with Crippen LogP contribution in [-0.4, -0.2) is 7.28 Å². The molecule has 0 bridgehead atoms. The van der Waals surface area contributed by atoms with E-state index < -0.39 is 0 Å². The first kappa shape index (κ1) is 14.4. The lowest BCUT2D eigenvalue weighted by atomic mass is 9.71. The largest absolute Gasteiger partial charge is 0.105 e. The number of hydrogen-bond donors (Lipinski definition) is 0. The molecule has 2 aromatic carbocycles. The van der Waals surface area contributed by atoms with Gasteiger partial charge in [-0.1, -0.05) is 55.1 Å². The Morgan fingerprint density at radius 1 is 1.05 bits per heavy atom. The van der Waals surface area contributed by atoms with Crippen LogP contribution < -0.4 is 0 Å². The molecule has 107 valence electrons. The molecule has 3 rings (SSSR count). The van der Waals surface area contributed by atoms with Crippen molar-refractivity contribution >= 4 is 7.28 Å². The lowest BCUT2D eigenvalue weighted by Gasteiger charge is -2.23. The molecule has 21 heavy (non-hydrogen) atoms. The van der Waals surface area contributed by atoms with Crippen LogP contribution in [0.3, 0.4) is 0 Å². The molecule has 1 radical (unpaired) electrons. The van der Waals surface area contributed by atoms with Crippen molar-refractivity contribution in [2.24, 2.45) is 0 Å². The Bertz CT molecular complexity index is 642. The predicted molar refractivity (Wildman–Crippen MR) is 92.7 cm³/mol. The molecule has 1 heteroatoms. The fraction of sp³-hybridized carbons (Fsp3) is 0.400. The van der Waals surface area contributed by atoms with Gasteiger partial charge in [-0.25, -0.2) is 0 Å². The molecular formula is C20H24B. The van der Waals surface area contributed by atoms with E-state index in [1.54, 1.807) is 22.3 Å². The van der Waals surface area contributed by atoms with Crippen molar-refractivity contribution in [1.82, 2.24) is 0 Å². The van der Waals surface area contributed by atoms with Gasteiger partial charge in [0.15, 0.2) is 0 Å². The van der Waals surface area contributed by atoms with Crippen molar-refractivity contribution in [1.29, 1.82) is 0 Å². The summed E-state index contributed by atoms with van der Waals surface area (Å²) in [7, 11) is 2.30. The average molecular weight is 275 g/mol. The molecule has 2 aromatic rings. The second kappa shape index (κ2) is 6.09. The number of hydrogen-bond acceptors (Lipinski definition) is 0. The van der Waals surface area contributed by atoms with Gasteiger partial charge in [-0.2, -0.15) is 0 Å². The van der Waals surface area contributed by atoms with Crippen molar-refractivity contribution in [3.05, 3.63) is 69.8 Å². The van der Waals surface area contributed by atoms with Crippen LogP contribution in [0.25, 0.3) is 0 Å². The van der Waals surface area contributed by atoms with Crippen LogP contribution in [0.1, 0.15) is 45.7 Å². The van der Waals surface area contributed by atoms with Crippen molar-refractivity contribution in [3.8, 4) is 0 Å². The van der Waals surface area contributed by atoms with E-state index in [4.69, 9.17) is 0 Å². The Kier molecular flexibility index (Phi) is 4.19. The zero-order chi connectivity index (χ0) is 14.8. The van der Waals surface area contributed by atoms with Crippen LogP contribution in [0.4, 0.5) is 0 Å². The third-order valence-electron chi connectivity index (χ3n) is 4.80. The van der Waals surface area contributed by atoms with E-state index in [2.05, 4.69) is 64.3 Å². The summed E-state index contributed by atoms with van der Waals surface area (Å²) in [5.74, 6) is 0.565. The van der Waals surface area contributed by atoms with Gasteiger partial charge < -0.3 is 0 Å². The highest BCUT2D eigenvalue weighted by Crippen LogP contribution is 2.39. The minimum Gasteiger partial charge on any atom is -0.0920 e. The van der Waals surface area contributed by atoms with E-state index in [9.17, 15) is 0 Å². The summed E-state index contributed by atoms with van der Waals surface area (Å²) in [5.41, 5.74) is 9.16. The molecule has 0 nitrogen and oxygen atoms in total. The minimum atomic E-state index is 0.565. The van der Waals surface area contributed by atoms with Crippen LogP contribution in [0, 0.1) is 13.8 Å². The van der Waals surface area contributed by atoms with Gasteiger partial charge in [0.05, 0.1) is 0 Å². The number of fused-ring (bicyclic) bond motifs is 2. The summed E-state index contributed by atoms with van der Waals surface area (Å²) in [5, 5.41) is 0. The molecular weight excluding hydrogens is 251 g/mol.